The van der Waals surface area contributed by atoms with Crippen LogP contribution < -0.4 is 10.2 Å². The molecule has 6 nitrogen and oxygen atoms in total. The van der Waals surface area contributed by atoms with Crippen LogP contribution in [0.4, 0.5) is 11.4 Å². The summed E-state index contributed by atoms with van der Waals surface area (Å²) >= 11 is 1.24. The highest BCUT2D eigenvalue weighted by Gasteiger charge is 2.13. The van der Waals surface area contributed by atoms with Crippen molar-refractivity contribution in [1.29, 1.82) is 0 Å². The van der Waals surface area contributed by atoms with Gasteiger partial charge in [-0.3, -0.25) is 4.79 Å². The van der Waals surface area contributed by atoms with Crippen LogP contribution in [-0.4, -0.2) is 34.9 Å². The average molecular weight is 423 g/mol. The third-order valence-electron chi connectivity index (χ3n) is 5.23. The summed E-state index contributed by atoms with van der Waals surface area (Å²) in [4.78, 5) is 14.7. The van der Waals surface area contributed by atoms with E-state index >= 15 is 0 Å². The second-order valence-corrected chi connectivity index (χ2v) is 8.40. The van der Waals surface area contributed by atoms with Crippen molar-refractivity contribution in [3.63, 3.8) is 0 Å². The Morgan fingerprint density at radius 3 is 2.50 bits per heavy atom. The Labute approximate surface area is 181 Å². The number of carbonyl (C=O) groups excluding carboxylic acids is 1. The van der Waals surface area contributed by atoms with Gasteiger partial charge in [0.15, 0.2) is 0 Å². The zero-order chi connectivity index (χ0) is 20.8. The molecule has 4 rings (SSSR count). The standard InChI is InChI=1S/C23H26N4O2S/c1-17-8-4-5-9-20(17)22-25-26-23(29-22)30-16-21(28)24-18-10-12-19(13-11-18)27-14-6-2-3-7-15-27/h4-5,8-13H,2-3,6-7,14-16H2,1H3,(H,24,28). The Balaban J connectivity index is 1.29. The molecule has 0 unspecified atom stereocenters. The van der Waals surface area contributed by atoms with E-state index in [0.717, 1.165) is 29.9 Å². The fourth-order valence-corrected chi connectivity index (χ4v) is 4.16. The van der Waals surface area contributed by atoms with Crippen LogP contribution in [0.15, 0.2) is 58.2 Å². The Bertz CT molecular complexity index is 979. The topological polar surface area (TPSA) is 71.3 Å². The van der Waals surface area contributed by atoms with E-state index in [-0.39, 0.29) is 11.7 Å². The molecule has 156 valence electrons. The Morgan fingerprint density at radius 1 is 1.03 bits per heavy atom. The molecule has 3 aromatic rings. The van der Waals surface area contributed by atoms with Crippen LogP contribution in [0.25, 0.3) is 11.5 Å². The van der Waals surface area contributed by atoms with Crippen molar-refractivity contribution in [2.45, 2.75) is 37.8 Å². The zero-order valence-corrected chi connectivity index (χ0v) is 18.0. The summed E-state index contributed by atoms with van der Waals surface area (Å²) < 4.78 is 5.70. The van der Waals surface area contributed by atoms with Gasteiger partial charge in [-0.25, -0.2) is 0 Å². The van der Waals surface area contributed by atoms with Crippen molar-refractivity contribution >= 4 is 29.0 Å². The summed E-state index contributed by atoms with van der Waals surface area (Å²) in [7, 11) is 0. The number of nitrogens with one attached hydrogen (secondary N) is 1. The normalized spacial score (nSPS) is 14.4. The first-order chi connectivity index (χ1) is 14.7. The minimum Gasteiger partial charge on any atom is -0.411 e. The molecule has 1 N–H and O–H groups in total. The quantitative estimate of drug-likeness (QED) is 0.554. The largest absolute Gasteiger partial charge is 0.411 e. The van der Waals surface area contributed by atoms with Crippen molar-refractivity contribution < 1.29 is 9.21 Å². The van der Waals surface area contributed by atoms with E-state index in [1.54, 1.807) is 0 Å². The first-order valence-electron chi connectivity index (χ1n) is 10.4. The Morgan fingerprint density at radius 2 is 1.77 bits per heavy atom. The van der Waals surface area contributed by atoms with Crippen molar-refractivity contribution in [3.05, 3.63) is 54.1 Å². The molecular formula is C23H26N4O2S. The number of hydrogen-bond donors (Lipinski definition) is 1. The van der Waals surface area contributed by atoms with Gasteiger partial charge in [0.2, 0.25) is 11.8 Å². The third kappa shape index (κ3) is 5.21. The minimum atomic E-state index is -0.0989. The molecule has 0 saturated carbocycles. The van der Waals surface area contributed by atoms with Crippen molar-refractivity contribution in [2.24, 2.45) is 0 Å². The number of rotatable bonds is 6. The van der Waals surface area contributed by atoms with E-state index in [9.17, 15) is 4.79 Å². The fourth-order valence-electron chi connectivity index (χ4n) is 3.60. The van der Waals surface area contributed by atoms with Gasteiger partial charge in [0.25, 0.3) is 5.22 Å². The second kappa shape index (κ2) is 9.80. The highest BCUT2D eigenvalue weighted by Crippen LogP contribution is 2.26. The van der Waals surface area contributed by atoms with Gasteiger partial charge in [0.1, 0.15) is 0 Å². The summed E-state index contributed by atoms with van der Waals surface area (Å²) in [5.41, 5.74) is 3.99. The number of anilines is 2. The van der Waals surface area contributed by atoms with E-state index in [0.29, 0.717) is 11.1 Å². The molecule has 1 fully saturated rings. The van der Waals surface area contributed by atoms with E-state index in [2.05, 4.69) is 32.5 Å². The van der Waals surface area contributed by atoms with Crippen LogP contribution >= 0.6 is 11.8 Å². The summed E-state index contributed by atoms with van der Waals surface area (Å²) in [6, 6.07) is 15.9. The molecule has 2 heterocycles. The molecule has 1 amide bonds. The summed E-state index contributed by atoms with van der Waals surface area (Å²) in [5.74, 6) is 0.585. The summed E-state index contributed by atoms with van der Waals surface area (Å²) in [6.45, 7) is 4.21. The number of benzene rings is 2. The molecule has 0 radical (unpaired) electrons. The van der Waals surface area contributed by atoms with Crippen molar-refractivity contribution in [2.75, 3.05) is 29.1 Å². The van der Waals surface area contributed by atoms with E-state index in [4.69, 9.17) is 4.42 Å². The lowest BCUT2D eigenvalue weighted by atomic mass is 10.1. The molecule has 1 aliphatic heterocycles. The third-order valence-corrected chi connectivity index (χ3v) is 6.05. The SMILES string of the molecule is Cc1ccccc1-c1nnc(SCC(=O)Nc2ccc(N3CCCCCC3)cc2)o1. The van der Waals surface area contributed by atoms with Gasteiger partial charge in [0.05, 0.1) is 5.75 Å². The first kappa shape index (κ1) is 20.5. The molecule has 0 aliphatic carbocycles. The first-order valence-corrected chi connectivity index (χ1v) is 11.3. The lowest BCUT2D eigenvalue weighted by Gasteiger charge is -2.22. The molecular weight excluding hydrogens is 396 g/mol. The molecule has 1 saturated heterocycles. The zero-order valence-electron chi connectivity index (χ0n) is 17.1. The van der Waals surface area contributed by atoms with Crippen molar-refractivity contribution in [1.82, 2.24) is 10.2 Å². The number of hydrogen-bond acceptors (Lipinski definition) is 6. The van der Waals surface area contributed by atoms with Gasteiger partial charge < -0.3 is 14.6 Å². The highest BCUT2D eigenvalue weighted by atomic mass is 32.2. The lowest BCUT2D eigenvalue weighted by Crippen LogP contribution is -2.23. The molecule has 1 aliphatic rings. The summed E-state index contributed by atoms with van der Waals surface area (Å²) in [6.07, 6.45) is 5.12. The average Bonchev–Trinajstić information content (AvgIpc) is 3.06. The number of amides is 1. The highest BCUT2D eigenvalue weighted by molar-refractivity contribution is 7.99. The number of aromatic nitrogens is 2. The van der Waals surface area contributed by atoms with Gasteiger partial charge in [-0.1, -0.05) is 42.8 Å². The Hall–Kier alpha value is -2.80. The molecule has 7 heteroatoms. The van der Waals surface area contributed by atoms with Crippen LogP contribution in [-0.2, 0) is 4.79 Å². The van der Waals surface area contributed by atoms with Gasteiger partial charge in [-0.15, -0.1) is 10.2 Å². The number of thioether (sulfide) groups is 1. The van der Waals surface area contributed by atoms with E-state index in [1.807, 2.05) is 43.3 Å². The number of nitrogens with zero attached hydrogens (tertiary/aromatic N) is 3. The van der Waals surface area contributed by atoms with Gasteiger partial charge in [-0.2, -0.15) is 0 Å². The monoisotopic (exact) mass is 422 g/mol. The lowest BCUT2D eigenvalue weighted by molar-refractivity contribution is -0.113. The van der Waals surface area contributed by atoms with E-state index < -0.39 is 0 Å². The molecule has 2 aromatic carbocycles. The molecule has 1 aromatic heterocycles. The van der Waals surface area contributed by atoms with Crippen LogP contribution in [0.1, 0.15) is 31.2 Å². The van der Waals surface area contributed by atoms with Crippen LogP contribution in [0.3, 0.4) is 0 Å². The number of aryl methyl sites for hydroxylation is 1. The maximum atomic E-state index is 12.3. The van der Waals surface area contributed by atoms with Gasteiger partial charge in [-0.05, 0) is 55.7 Å². The van der Waals surface area contributed by atoms with Crippen LogP contribution in [0.5, 0.6) is 0 Å². The Kier molecular flexibility index (Phi) is 6.69. The maximum Gasteiger partial charge on any atom is 0.277 e. The van der Waals surface area contributed by atoms with Gasteiger partial charge in [0, 0.05) is 30.0 Å². The predicted octanol–water partition coefficient (Wildman–Crippen LogP) is 5.16. The molecule has 30 heavy (non-hydrogen) atoms. The second-order valence-electron chi connectivity index (χ2n) is 7.47. The molecule has 0 spiro atoms. The van der Waals surface area contributed by atoms with Crippen LogP contribution in [0.2, 0.25) is 0 Å². The number of carbonyl (C=O) groups is 1. The van der Waals surface area contributed by atoms with E-state index in [1.165, 1.54) is 43.1 Å². The molecule has 0 bridgehead atoms. The van der Waals surface area contributed by atoms with Crippen LogP contribution in [0, 0.1) is 6.92 Å². The minimum absolute atomic E-state index is 0.0989. The smallest absolute Gasteiger partial charge is 0.277 e. The molecule has 0 atom stereocenters. The fraction of sp³-hybridized carbons (Fsp3) is 0.348. The van der Waals surface area contributed by atoms with Crippen molar-refractivity contribution in [3.8, 4) is 11.5 Å². The maximum absolute atomic E-state index is 12.3. The predicted molar refractivity (Wildman–Crippen MR) is 121 cm³/mol. The summed E-state index contributed by atoms with van der Waals surface area (Å²) in [5, 5.41) is 11.5. The van der Waals surface area contributed by atoms with Gasteiger partial charge >= 0.3 is 0 Å².